The molecule has 164 valence electrons. The van der Waals surface area contributed by atoms with Crippen LogP contribution in [0.5, 0.6) is 0 Å². The average Bonchev–Trinajstić information content (AvgIpc) is 3.38. The van der Waals surface area contributed by atoms with Crippen LogP contribution in [0.25, 0.3) is 0 Å². The van der Waals surface area contributed by atoms with Gasteiger partial charge in [0.1, 0.15) is 11.2 Å². The average molecular weight is 444 g/mol. The second kappa shape index (κ2) is 8.34. The van der Waals surface area contributed by atoms with Gasteiger partial charge in [0.25, 0.3) is 11.8 Å². The van der Waals surface area contributed by atoms with Crippen LogP contribution in [-0.4, -0.2) is 50.5 Å². The number of aromatic nitrogens is 2. The van der Waals surface area contributed by atoms with Gasteiger partial charge < -0.3 is 15.5 Å². The third-order valence-electron chi connectivity index (χ3n) is 6.11. The highest BCUT2D eigenvalue weighted by Gasteiger charge is 2.48. The largest absolute Gasteiger partial charge is 0.351 e. The Morgan fingerprint density at radius 1 is 1.26 bits per heavy atom. The Kier molecular flexibility index (Phi) is 5.75. The summed E-state index contributed by atoms with van der Waals surface area (Å²) in [6.45, 7) is 4.17. The molecule has 2 aliphatic rings. The first-order valence-corrected chi connectivity index (χ1v) is 11.0. The quantitative estimate of drug-likeness (QED) is 0.742. The van der Waals surface area contributed by atoms with E-state index in [1.807, 2.05) is 6.92 Å². The number of benzene rings is 1. The standard InChI is InChI=1S/C22H26ClN5O3/c1-3-27-20(30)18-12-17(19(29)24-16-10-6-7-14(23)11-16)26-28(18)13-22(27,2)21(31)25-15-8-4-5-9-15/h6-7,10-12,15H,3-5,8-9,13H2,1-2H3,(H,24,29)(H,25,31)/t22-/m1/s1. The summed E-state index contributed by atoms with van der Waals surface area (Å²) in [4.78, 5) is 40.6. The normalized spacial score (nSPS) is 21.1. The highest BCUT2D eigenvalue weighted by atomic mass is 35.5. The van der Waals surface area contributed by atoms with E-state index in [9.17, 15) is 14.4 Å². The van der Waals surface area contributed by atoms with E-state index in [0.29, 0.717) is 22.9 Å². The molecular weight excluding hydrogens is 418 g/mol. The molecule has 4 rings (SSSR count). The fourth-order valence-corrected chi connectivity index (χ4v) is 4.61. The van der Waals surface area contributed by atoms with Gasteiger partial charge >= 0.3 is 0 Å². The molecular formula is C22H26ClN5O3. The van der Waals surface area contributed by atoms with Crippen molar-refractivity contribution in [2.45, 2.75) is 57.7 Å². The molecule has 1 aliphatic carbocycles. The van der Waals surface area contributed by atoms with Crippen LogP contribution < -0.4 is 10.6 Å². The molecule has 3 amide bonds. The van der Waals surface area contributed by atoms with E-state index in [1.54, 1.807) is 36.1 Å². The molecule has 1 aromatic heterocycles. The highest BCUT2D eigenvalue weighted by molar-refractivity contribution is 6.31. The van der Waals surface area contributed by atoms with Crippen LogP contribution in [0.1, 0.15) is 60.5 Å². The number of rotatable bonds is 5. The van der Waals surface area contributed by atoms with E-state index >= 15 is 0 Å². The van der Waals surface area contributed by atoms with Crippen LogP contribution in [0, 0.1) is 0 Å². The van der Waals surface area contributed by atoms with Crippen LogP contribution in [0.2, 0.25) is 5.02 Å². The number of halogens is 1. The van der Waals surface area contributed by atoms with Gasteiger partial charge in [-0.05, 0) is 44.9 Å². The Hall–Kier alpha value is -2.87. The number of hydrogen-bond donors (Lipinski definition) is 2. The monoisotopic (exact) mass is 443 g/mol. The molecule has 2 heterocycles. The summed E-state index contributed by atoms with van der Waals surface area (Å²) in [5.41, 5.74) is -0.136. The number of carbonyl (C=O) groups excluding carboxylic acids is 3. The summed E-state index contributed by atoms with van der Waals surface area (Å²) >= 11 is 5.97. The molecule has 1 aliphatic heterocycles. The summed E-state index contributed by atoms with van der Waals surface area (Å²) in [6.07, 6.45) is 4.13. The number of anilines is 1. The summed E-state index contributed by atoms with van der Waals surface area (Å²) in [5, 5.41) is 10.7. The molecule has 0 spiro atoms. The number of carbonyl (C=O) groups is 3. The third-order valence-corrected chi connectivity index (χ3v) is 6.34. The Morgan fingerprint density at radius 2 is 2.00 bits per heavy atom. The number of nitrogens with one attached hydrogen (secondary N) is 2. The van der Waals surface area contributed by atoms with Crippen molar-refractivity contribution < 1.29 is 14.4 Å². The van der Waals surface area contributed by atoms with Crippen LogP contribution in [-0.2, 0) is 11.3 Å². The first-order chi connectivity index (χ1) is 14.8. The van der Waals surface area contributed by atoms with Gasteiger partial charge in [0, 0.05) is 29.4 Å². The van der Waals surface area contributed by atoms with E-state index in [2.05, 4.69) is 15.7 Å². The van der Waals surface area contributed by atoms with Crippen LogP contribution in [0.3, 0.4) is 0 Å². The highest BCUT2D eigenvalue weighted by Crippen LogP contribution is 2.29. The van der Waals surface area contributed by atoms with Crippen molar-refractivity contribution in [2.75, 3.05) is 11.9 Å². The number of amides is 3. The van der Waals surface area contributed by atoms with Crippen LogP contribution in [0.4, 0.5) is 5.69 Å². The fourth-order valence-electron chi connectivity index (χ4n) is 4.42. The lowest BCUT2D eigenvalue weighted by molar-refractivity contribution is -0.133. The molecule has 1 aromatic carbocycles. The molecule has 2 aromatic rings. The van der Waals surface area contributed by atoms with E-state index in [0.717, 1.165) is 25.7 Å². The molecule has 0 unspecified atom stereocenters. The SMILES string of the molecule is CCN1C(=O)c2cc(C(=O)Nc3cccc(Cl)c3)nn2C[C@]1(C)C(=O)NC1CCCC1. The Morgan fingerprint density at radius 3 is 2.68 bits per heavy atom. The summed E-state index contributed by atoms with van der Waals surface area (Å²) in [6, 6.07) is 8.41. The predicted molar refractivity (Wildman–Crippen MR) is 117 cm³/mol. The van der Waals surface area contributed by atoms with Crippen molar-refractivity contribution >= 4 is 35.0 Å². The van der Waals surface area contributed by atoms with E-state index in [1.165, 1.54) is 10.7 Å². The minimum Gasteiger partial charge on any atom is -0.351 e. The maximum Gasteiger partial charge on any atom is 0.276 e. The van der Waals surface area contributed by atoms with Crippen LogP contribution >= 0.6 is 11.6 Å². The smallest absolute Gasteiger partial charge is 0.276 e. The summed E-state index contributed by atoms with van der Waals surface area (Å²) in [5.74, 6) is -0.940. The van der Waals surface area contributed by atoms with Gasteiger partial charge in [-0.25, -0.2) is 0 Å². The third kappa shape index (κ3) is 4.04. The molecule has 0 radical (unpaired) electrons. The van der Waals surface area contributed by atoms with Gasteiger partial charge in [0.05, 0.1) is 6.54 Å². The number of nitrogens with zero attached hydrogens (tertiary/aromatic N) is 3. The van der Waals surface area contributed by atoms with Crippen molar-refractivity contribution in [3.8, 4) is 0 Å². The zero-order valence-electron chi connectivity index (χ0n) is 17.7. The van der Waals surface area contributed by atoms with Gasteiger partial charge in [-0.3, -0.25) is 19.1 Å². The first kappa shape index (κ1) is 21.4. The van der Waals surface area contributed by atoms with Gasteiger partial charge in [0.15, 0.2) is 5.69 Å². The van der Waals surface area contributed by atoms with Gasteiger partial charge in [-0.2, -0.15) is 5.10 Å². The Labute approximate surface area is 185 Å². The van der Waals surface area contributed by atoms with Crippen molar-refractivity contribution in [1.29, 1.82) is 0 Å². The van der Waals surface area contributed by atoms with Crippen molar-refractivity contribution in [3.63, 3.8) is 0 Å². The number of fused-ring (bicyclic) bond motifs is 1. The number of hydrogen-bond acceptors (Lipinski definition) is 4. The van der Waals surface area contributed by atoms with Crippen molar-refractivity contribution in [2.24, 2.45) is 0 Å². The lowest BCUT2D eigenvalue weighted by Gasteiger charge is -2.43. The lowest BCUT2D eigenvalue weighted by atomic mass is 9.94. The molecule has 0 saturated heterocycles. The summed E-state index contributed by atoms with van der Waals surface area (Å²) in [7, 11) is 0. The second-order valence-corrected chi connectivity index (χ2v) is 8.75. The topological polar surface area (TPSA) is 96.3 Å². The molecule has 1 atom stereocenters. The van der Waals surface area contributed by atoms with Gasteiger partial charge in [-0.1, -0.05) is 30.5 Å². The predicted octanol–water partition coefficient (Wildman–Crippen LogP) is 3.08. The van der Waals surface area contributed by atoms with E-state index in [-0.39, 0.29) is 30.1 Å². The fraction of sp³-hybridized carbons (Fsp3) is 0.455. The first-order valence-electron chi connectivity index (χ1n) is 10.6. The second-order valence-electron chi connectivity index (χ2n) is 8.32. The maximum absolute atomic E-state index is 13.2. The van der Waals surface area contributed by atoms with Gasteiger partial charge in [-0.15, -0.1) is 0 Å². The molecule has 8 nitrogen and oxygen atoms in total. The molecule has 9 heteroatoms. The molecule has 1 fully saturated rings. The zero-order valence-corrected chi connectivity index (χ0v) is 18.4. The maximum atomic E-state index is 13.2. The zero-order chi connectivity index (χ0) is 22.2. The molecule has 31 heavy (non-hydrogen) atoms. The van der Waals surface area contributed by atoms with E-state index in [4.69, 9.17) is 11.6 Å². The van der Waals surface area contributed by atoms with E-state index < -0.39 is 11.4 Å². The number of likely N-dealkylation sites (N-methyl/N-ethyl adjacent to an activating group) is 1. The minimum atomic E-state index is -1.08. The summed E-state index contributed by atoms with van der Waals surface area (Å²) < 4.78 is 1.47. The molecule has 2 N–H and O–H groups in total. The van der Waals surface area contributed by atoms with Crippen molar-refractivity contribution in [3.05, 3.63) is 46.7 Å². The van der Waals surface area contributed by atoms with Crippen molar-refractivity contribution in [1.82, 2.24) is 20.0 Å². The van der Waals surface area contributed by atoms with Crippen LogP contribution in [0.15, 0.2) is 30.3 Å². The molecule has 1 saturated carbocycles. The van der Waals surface area contributed by atoms with Gasteiger partial charge in [0.2, 0.25) is 5.91 Å². The Balaban J connectivity index is 1.58. The lowest BCUT2D eigenvalue weighted by Crippen LogP contribution is -2.64. The Bertz CT molecular complexity index is 1030. The minimum absolute atomic E-state index is 0.111. The molecule has 0 bridgehead atoms.